The fourth-order valence-electron chi connectivity index (χ4n) is 1.35. The quantitative estimate of drug-likeness (QED) is 0.702. The standard InChI is InChI=1S/C9H18N2O2/c1-2-3-5-8(10)9(12)11-6-4-7-13-11/h8H,2-7,10H2,1H3. The number of hydrogen-bond acceptors (Lipinski definition) is 3. The molecule has 1 fully saturated rings. The fourth-order valence-corrected chi connectivity index (χ4v) is 1.35. The molecule has 76 valence electrons. The number of hydroxylamine groups is 2. The van der Waals surface area contributed by atoms with E-state index in [-0.39, 0.29) is 11.9 Å². The van der Waals surface area contributed by atoms with Gasteiger partial charge in [-0.1, -0.05) is 19.8 Å². The summed E-state index contributed by atoms with van der Waals surface area (Å²) in [4.78, 5) is 16.6. The summed E-state index contributed by atoms with van der Waals surface area (Å²) in [5, 5.41) is 1.40. The van der Waals surface area contributed by atoms with Gasteiger partial charge in [-0.3, -0.25) is 9.63 Å². The predicted molar refractivity (Wildman–Crippen MR) is 49.8 cm³/mol. The van der Waals surface area contributed by atoms with Gasteiger partial charge in [0.1, 0.15) is 0 Å². The van der Waals surface area contributed by atoms with E-state index in [2.05, 4.69) is 6.92 Å². The minimum atomic E-state index is -0.377. The largest absolute Gasteiger partial charge is 0.320 e. The summed E-state index contributed by atoms with van der Waals surface area (Å²) in [6.07, 6.45) is 3.75. The van der Waals surface area contributed by atoms with Crippen molar-refractivity contribution in [1.29, 1.82) is 0 Å². The van der Waals surface area contributed by atoms with E-state index in [4.69, 9.17) is 10.6 Å². The molecule has 0 aromatic heterocycles. The normalized spacial score (nSPS) is 19.1. The number of amides is 1. The number of carbonyl (C=O) groups is 1. The number of nitrogens with zero attached hydrogens (tertiary/aromatic N) is 1. The molecule has 0 aromatic carbocycles. The summed E-state index contributed by atoms with van der Waals surface area (Å²) < 4.78 is 0. The lowest BCUT2D eigenvalue weighted by atomic mass is 10.1. The van der Waals surface area contributed by atoms with Crippen molar-refractivity contribution in [3.8, 4) is 0 Å². The monoisotopic (exact) mass is 186 g/mol. The van der Waals surface area contributed by atoms with Gasteiger partial charge in [0.15, 0.2) is 0 Å². The maximum absolute atomic E-state index is 11.5. The van der Waals surface area contributed by atoms with Gasteiger partial charge in [-0.2, -0.15) is 0 Å². The van der Waals surface area contributed by atoms with Gasteiger partial charge in [-0.05, 0) is 12.8 Å². The molecule has 1 aliphatic rings. The Morgan fingerprint density at radius 1 is 1.69 bits per heavy atom. The molecule has 13 heavy (non-hydrogen) atoms. The van der Waals surface area contributed by atoms with Crippen molar-refractivity contribution in [3.63, 3.8) is 0 Å². The molecular formula is C9H18N2O2. The lowest BCUT2D eigenvalue weighted by Crippen LogP contribution is -2.41. The average Bonchev–Trinajstić information content (AvgIpc) is 2.65. The summed E-state index contributed by atoms with van der Waals surface area (Å²) in [6.45, 7) is 3.43. The molecular weight excluding hydrogens is 168 g/mol. The maximum Gasteiger partial charge on any atom is 0.263 e. The van der Waals surface area contributed by atoms with Crippen molar-refractivity contribution >= 4 is 5.91 Å². The Morgan fingerprint density at radius 2 is 2.46 bits per heavy atom. The van der Waals surface area contributed by atoms with Crippen LogP contribution >= 0.6 is 0 Å². The van der Waals surface area contributed by atoms with E-state index >= 15 is 0 Å². The van der Waals surface area contributed by atoms with Gasteiger partial charge in [0, 0.05) is 0 Å². The fraction of sp³-hybridized carbons (Fsp3) is 0.889. The summed E-state index contributed by atoms with van der Waals surface area (Å²) in [5.41, 5.74) is 5.71. The van der Waals surface area contributed by atoms with Crippen LogP contribution < -0.4 is 5.73 Å². The highest BCUT2D eigenvalue weighted by molar-refractivity contribution is 5.80. The number of carbonyl (C=O) groups excluding carboxylic acids is 1. The Bertz CT molecular complexity index is 167. The van der Waals surface area contributed by atoms with Crippen LogP contribution in [0.2, 0.25) is 0 Å². The Morgan fingerprint density at radius 3 is 3.00 bits per heavy atom. The van der Waals surface area contributed by atoms with Gasteiger partial charge < -0.3 is 5.73 Å². The molecule has 0 aliphatic carbocycles. The first-order valence-electron chi connectivity index (χ1n) is 4.95. The highest BCUT2D eigenvalue weighted by Gasteiger charge is 2.24. The molecule has 1 heterocycles. The Labute approximate surface area is 79.0 Å². The molecule has 1 saturated heterocycles. The van der Waals surface area contributed by atoms with Crippen LogP contribution in [0.4, 0.5) is 0 Å². The zero-order chi connectivity index (χ0) is 9.68. The van der Waals surface area contributed by atoms with Gasteiger partial charge in [-0.25, -0.2) is 5.06 Å². The zero-order valence-corrected chi connectivity index (χ0v) is 8.16. The van der Waals surface area contributed by atoms with Crippen LogP contribution in [-0.4, -0.2) is 30.2 Å². The molecule has 0 aromatic rings. The van der Waals surface area contributed by atoms with Gasteiger partial charge in [-0.15, -0.1) is 0 Å². The second-order valence-electron chi connectivity index (χ2n) is 3.38. The molecule has 1 rings (SSSR count). The number of nitrogens with two attached hydrogens (primary N) is 1. The van der Waals surface area contributed by atoms with E-state index in [1.807, 2.05) is 0 Å². The first-order chi connectivity index (χ1) is 6.25. The highest BCUT2D eigenvalue weighted by atomic mass is 16.7. The molecule has 4 heteroatoms. The maximum atomic E-state index is 11.5. The van der Waals surface area contributed by atoms with E-state index in [9.17, 15) is 4.79 Å². The number of hydrogen-bond donors (Lipinski definition) is 1. The minimum absolute atomic E-state index is 0.0639. The van der Waals surface area contributed by atoms with E-state index in [0.717, 1.165) is 25.7 Å². The Hall–Kier alpha value is -0.610. The summed E-state index contributed by atoms with van der Waals surface area (Å²) in [6, 6.07) is -0.377. The smallest absolute Gasteiger partial charge is 0.263 e. The molecule has 0 saturated carbocycles. The van der Waals surface area contributed by atoms with Gasteiger partial charge in [0.25, 0.3) is 5.91 Å². The molecule has 1 atom stereocenters. The molecule has 0 spiro atoms. The Balaban J connectivity index is 2.28. The minimum Gasteiger partial charge on any atom is -0.320 e. The second-order valence-corrected chi connectivity index (χ2v) is 3.38. The van der Waals surface area contributed by atoms with Crippen molar-refractivity contribution in [2.45, 2.75) is 38.6 Å². The summed E-state index contributed by atoms with van der Waals surface area (Å²) >= 11 is 0. The van der Waals surface area contributed by atoms with Crippen LogP contribution in [-0.2, 0) is 9.63 Å². The molecule has 1 unspecified atom stereocenters. The van der Waals surface area contributed by atoms with Crippen LogP contribution in [0.3, 0.4) is 0 Å². The lowest BCUT2D eigenvalue weighted by molar-refractivity contribution is -0.170. The van der Waals surface area contributed by atoms with Crippen molar-refractivity contribution < 1.29 is 9.63 Å². The first-order valence-corrected chi connectivity index (χ1v) is 4.95. The number of unbranched alkanes of at least 4 members (excludes halogenated alkanes) is 1. The van der Waals surface area contributed by atoms with Crippen molar-refractivity contribution in [2.24, 2.45) is 5.73 Å². The summed E-state index contributed by atoms with van der Waals surface area (Å²) in [5.74, 6) is -0.0639. The molecule has 1 amide bonds. The van der Waals surface area contributed by atoms with Crippen LogP contribution in [0.25, 0.3) is 0 Å². The van der Waals surface area contributed by atoms with Gasteiger partial charge in [0.05, 0.1) is 19.2 Å². The molecule has 2 N–H and O–H groups in total. The third kappa shape index (κ3) is 2.97. The second kappa shape index (κ2) is 5.19. The molecule has 4 nitrogen and oxygen atoms in total. The van der Waals surface area contributed by atoms with Crippen LogP contribution in [0.15, 0.2) is 0 Å². The van der Waals surface area contributed by atoms with Crippen LogP contribution in [0.1, 0.15) is 32.6 Å². The van der Waals surface area contributed by atoms with E-state index in [1.165, 1.54) is 5.06 Å². The lowest BCUT2D eigenvalue weighted by Gasteiger charge is -2.18. The summed E-state index contributed by atoms with van der Waals surface area (Å²) in [7, 11) is 0. The predicted octanol–water partition coefficient (Wildman–Crippen LogP) is 0.668. The molecule has 0 bridgehead atoms. The molecule has 1 aliphatic heterocycles. The third-order valence-corrected chi connectivity index (χ3v) is 2.18. The van der Waals surface area contributed by atoms with Gasteiger partial charge in [0.2, 0.25) is 0 Å². The van der Waals surface area contributed by atoms with Crippen molar-refractivity contribution in [3.05, 3.63) is 0 Å². The SMILES string of the molecule is CCCCC(N)C(=O)N1CCCO1. The highest BCUT2D eigenvalue weighted by Crippen LogP contribution is 2.08. The topological polar surface area (TPSA) is 55.6 Å². The van der Waals surface area contributed by atoms with Crippen molar-refractivity contribution in [2.75, 3.05) is 13.2 Å². The van der Waals surface area contributed by atoms with Gasteiger partial charge >= 0.3 is 0 Å². The van der Waals surface area contributed by atoms with Crippen molar-refractivity contribution in [1.82, 2.24) is 5.06 Å². The van der Waals surface area contributed by atoms with Crippen LogP contribution in [0, 0.1) is 0 Å². The average molecular weight is 186 g/mol. The Kier molecular flexibility index (Phi) is 4.18. The van der Waals surface area contributed by atoms with E-state index < -0.39 is 0 Å². The molecule has 0 radical (unpaired) electrons. The third-order valence-electron chi connectivity index (χ3n) is 2.18. The zero-order valence-electron chi connectivity index (χ0n) is 8.16. The first kappa shape index (κ1) is 10.5. The van der Waals surface area contributed by atoms with E-state index in [0.29, 0.717) is 13.2 Å². The number of rotatable bonds is 4. The van der Waals surface area contributed by atoms with E-state index in [1.54, 1.807) is 0 Å². The van der Waals surface area contributed by atoms with Crippen LogP contribution in [0.5, 0.6) is 0 Å².